The molecule has 2 aromatic carbocycles. The highest BCUT2D eigenvalue weighted by atomic mass is 19.1. The lowest BCUT2D eigenvalue weighted by Gasteiger charge is -2.23. The fraction of sp³-hybridized carbons (Fsp3) is 0.350. The van der Waals surface area contributed by atoms with Crippen molar-refractivity contribution < 1.29 is 13.6 Å². The molecule has 0 N–H and O–H groups in total. The maximum absolute atomic E-state index is 13.9. The second-order valence-electron chi connectivity index (χ2n) is 6.76. The van der Waals surface area contributed by atoms with Crippen LogP contribution in [0, 0.1) is 17.6 Å². The quantitative estimate of drug-likeness (QED) is 0.803. The lowest BCUT2D eigenvalue weighted by atomic mass is 10.1. The van der Waals surface area contributed by atoms with Crippen molar-refractivity contribution in [2.45, 2.75) is 37.8 Å². The molecule has 4 heteroatoms. The van der Waals surface area contributed by atoms with Gasteiger partial charge in [0.05, 0.1) is 0 Å². The van der Waals surface area contributed by atoms with Crippen molar-refractivity contribution in [3.05, 3.63) is 71.3 Å². The summed E-state index contributed by atoms with van der Waals surface area (Å²) < 4.78 is 27.8. The van der Waals surface area contributed by atoms with E-state index in [2.05, 4.69) is 0 Å². The van der Waals surface area contributed by atoms with Crippen LogP contribution in [0.15, 0.2) is 48.5 Å². The van der Waals surface area contributed by atoms with E-state index in [1.165, 1.54) is 12.1 Å². The van der Waals surface area contributed by atoms with Crippen molar-refractivity contribution in [3.8, 4) is 0 Å². The summed E-state index contributed by atoms with van der Waals surface area (Å²) in [5.41, 5.74) is 1.17. The third-order valence-electron chi connectivity index (χ3n) is 4.98. The predicted octanol–water partition coefficient (Wildman–Crippen LogP) is 4.26. The Morgan fingerprint density at radius 1 is 1.00 bits per heavy atom. The van der Waals surface area contributed by atoms with Crippen LogP contribution in [0.2, 0.25) is 0 Å². The molecule has 0 heterocycles. The van der Waals surface area contributed by atoms with Gasteiger partial charge >= 0.3 is 0 Å². The molecule has 0 radical (unpaired) electrons. The molecule has 0 aliphatic heterocycles. The van der Waals surface area contributed by atoms with Gasteiger partial charge in [0, 0.05) is 24.1 Å². The summed E-state index contributed by atoms with van der Waals surface area (Å²) in [6, 6.07) is 13.4. The van der Waals surface area contributed by atoms with Gasteiger partial charge in [-0.1, -0.05) is 36.4 Å². The first-order chi connectivity index (χ1) is 11.6. The Morgan fingerprint density at radius 2 is 1.67 bits per heavy atom. The second kappa shape index (κ2) is 6.00. The Balaban J connectivity index is 1.50. The van der Waals surface area contributed by atoms with E-state index in [9.17, 15) is 13.6 Å². The lowest BCUT2D eigenvalue weighted by molar-refractivity contribution is -0.133. The molecule has 2 aliphatic carbocycles. The minimum Gasteiger partial charge on any atom is -0.335 e. The number of carbonyl (C=O) groups is 1. The molecular formula is C20H19F2NO. The van der Waals surface area contributed by atoms with Crippen molar-refractivity contribution in [2.75, 3.05) is 0 Å². The number of rotatable bonds is 5. The number of hydrogen-bond donors (Lipinski definition) is 0. The third kappa shape index (κ3) is 2.93. The zero-order valence-corrected chi connectivity index (χ0v) is 13.3. The van der Waals surface area contributed by atoms with Gasteiger partial charge in [0.1, 0.15) is 11.6 Å². The lowest BCUT2D eigenvalue weighted by Crippen LogP contribution is -2.34. The molecule has 2 aromatic rings. The van der Waals surface area contributed by atoms with Crippen LogP contribution in [-0.4, -0.2) is 16.8 Å². The Kier molecular flexibility index (Phi) is 3.83. The van der Waals surface area contributed by atoms with Crippen molar-refractivity contribution in [1.82, 2.24) is 4.90 Å². The predicted molar refractivity (Wildman–Crippen MR) is 87.2 cm³/mol. The highest BCUT2D eigenvalue weighted by Gasteiger charge is 2.49. The van der Waals surface area contributed by atoms with Crippen molar-refractivity contribution >= 4 is 5.91 Å². The monoisotopic (exact) mass is 327 g/mol. The Morgan fingerprint density at radius 3 is 2.33 bits per heavy atom. The van der Waals surface area contributed by atoms with Crippen LogP contribution in [0.1, 0.15) is 36.3 Å². The summed E-state index contributed by atoms with van der Waals surface area (Å²) in [6.07, 6.45) is 2.62. The van der Waals surface area contributed by atoms with Crippen LogP contribution in [0.25, 0.3) is 0 Å². The highest BCUT2D eigenvalue weighted by molar-refractivity contribution is 5.83. The number of carbonyl (C=O) groups excluding carboxylic acids is 1. The van der Waals surface area contributed by atoms with Crippen LogP contribution in [0.4, 0.5) is 8.78 Å². The molecule has 0 aromatic heterocycles. The van der Waals surface area contributed by atoms with Crippen molar-refractivity contribution in [3.63, 3.8) is 0 Å². The van der Waals surface area contributed by atoms with Crippen LogP contribution in [-0.2, 0) is 11.3 Å². The minimum atomic E-state index is -0.280. The first-order valence-corrected chi connectivity index (χ1v) is 8.43. The zero-order chi connectivity index (χ0) is 16.7. The van der Waals surface area contributed by atoms with Crippen LogP contribution in [0.5, 0.6) is 0 Å². The van der Waals surface area contributed by atoms with Gasteiger partial charge in [0.15, 0.2) is 0 Å². The molecular weight excluding hydrogens is 308 g/mol. The first kappa shape index (κ1) is 15.3. The fourth-order valence-corrected chi connectivity index (χ4v) is 3.38. The third-order valence-corrected chi connectivity index (χ3v) is 4.98. The summed E-state index contributed by atoms with van der Waals surface area (Å²) in [5.74, 6) is -0.703. The molecule has 1 amide bonds. The van der Waals surface area contributed by atoms with Crippen molar-refractivity contribution in [2.24, 2.45) is 5.92 Å². The van der Waals surface area contributed by atoms with Gasteiger partial charge in [-0.15, -0.1) is 0 Å². The largest absolute Gasteiger partial charge is 0.335 e. The molecule has 2 atom stereocenters. The van der Waals surface area contributed by atoms with Crippen LogP contribution >= 0.6 is 0 Å². The molecule has 2 saturated carbocycles. The van der Waals surface area contributed by atoms with E-state index in [0.29, 0.717) is 24.1 Å². The Hall–Kier alpha value is -2.23. The topological polar surface area (TPSA) is 20.3 Å². The van der Waals surface area contributed by atoms with Gasteiger partial charge in [-0.25, -0.2) is 8.78 Å². The van der Waals surface area contributed by atoms with E-state index < -0.39 is 0 Å². The summed E-state index contributed by atoms with van der Waals surface area (Å²) in [4.78, 5) is 14.7. The van der Waals surface area contributed by atoms with E-state index >= 15 is 0 Å². The minimum absolute atomic E-state index is 0.0361. The highest BCUT2D eigenvalue weighted by Crippen LogP contribution is 2.50. The Bertz CT molecular complexity index is 772. The normalized spacial score (nSPS) is 22.2. The maximum atomic E-state index is 13.9. The summed E-state index contributed by atoms with van der Waals surface area (Å²) in [7, 11) is 0. The van der Waals surface area contributed by atoms with Gasteiger partial charge < -0.3 is 4.90 Å². The van der Waals surface area contributed by atoms with E-state index in [1.54, 1.807) is 41.3 Å². The zero-order valence-electron chi connectivity index (χ0n) is 13.3. The molecule has 24 heavy (non-hydrogen) atoms. The van der Waals surface area contributed by atoms with Gasteiger partial charge in [-0.3, -0.25) is 4.79 Å². The molecule has 0 saturated heterocycles. The average molecular weight is 327 g/mol. The summed E-state index contributed by atoms with van der Waals surface area (Å²) >= 11 is 0. The number of benzene rings is 2. The summed E-state index contributed by atoms with van der Waals surface area (Å²) in [5, 5.41) is 0. The maximum Gasteiger partial charge on any atom is 0.226 e. The van der Waals surface area contributed by atoms with Gasteiger partial charge in [0.2, 0.25) is 5.91 Å². The molecule has 2 nitrogen and oxygen atoms in total. The first-order valence-electron chi connectivity index (χ1n) is 8.43. The van der Waals surface area contributed by atoms with E-state index in [-0.39, 0.29) is 35.4 Å². The van der Waals surface area contributed by atoms with Gasteiger partial charge in [0.25, 0.3) is 0 Å². The fourth-order valence-electron chi connectivity index (χ4n) is 3.38. The molecule has 0 bridgehead atoms. The number of amides is 1. The molecule has 4 rings (SSSR count). The molecule has 2 unspecified atom stereocenters. The van der Waals surface area contributed by atoms with E-state index in [4.69, 9.17) is 0 Å². The number of hydrogen-bond acceptors (Lipinski definition) is 1. The second-order valence-corrected chi connectivity index (χ2v) is 6.76. The van der Waals surface area contributed by atoms with Gasteiger partial charge in [-0.2, -0.15) is 0 Å². The SMILES string of the molecule is O=C(C1CC1c1ccccc1F)N(Cc1ccccc1F)C1CC1. The summed E-state index contributed by atoms with van der Waals surface area (Å²) in [6.45, 7) is 0.302. The Labute approximate surface area is 140 Å². The number of halogens is 2. The van der Waals surface area contributed by atoms with E-state index in [1.807, 2.05) is 0 Å². The van der Waals surface area contributed by atoms with Crippen molar-refractivity contribution in [1.29, 1.82) is 0 Å². The molecule has 124 valence electrons. The molecule has 0 spiro atoms. The number of nitrogens with zero attached hydrogens (tertiary/aromatic N) is 1. The van der Waals surface area contributed by atoms with Crippen LogP contribution < -0.4 is 0 Å². The van der Waals surface area contributed by atoms with Crippen LogP contribution in [0.3, 0.4) is 0 Å². The smallest absolute Gasteiger partial charge is 0.226 e. The molecule has 2 fully saturated rings. The molecule has 2 aliphatic rings. The standard InChI is InChI=1S/C20H19F2NO/c21-18-7-3-1-5-13(18)12-23(14-9-10-14)20(24)17-11-16(17)15-6-2-4-8-19(15)22/h1-8,14,16-17H,9-12H2. The van der Waals surface area contributed by atoms with Gasteiger partial charge in [-0.05, 0) is 42.9 Å². The average Bonchev–Trinajstić information content (AvgIpc) is 3.46. The van der Waals surface area contributed by atoms with E-state index in [0.717, 1.165) is 12.8 Å².